The van der Waals surface area contributed by atoms with Gasteiger partial charge in [0.15, 0.2) is 0 Å². The second-order valence-corrected chi connectivity index (χ2v) is 4.34. The van der Waals surface area contributed by atoms with Crippen LogP contribution in [0.1, 0.15) is 21.5 Å². The number of carbonyl (C=O) groups is 1. The Balaban J connectivity index is 2.23. The summed E-state index contributed by atoms with van der Waals surface area (Å²) < 4.78 is 5.25. The van der Waals surface area contributed by atoms with Gasteiger partial charge in [0.1, 0.15) is 17.2 Å². The zero-order chi connectivity index (χ0) is 14.0. The first-order valence-electron chi connectivity index (χ1n) is 5.79. The largest absolute Gasteiger partial charge is 0.508 e. The highest BCUT2D eigenvalue weighted by Gasteiger charge is 2.11. The van der Waals surface area contributed by atoms with E-state index in [1.807, 2.05) is 0 Å². The fourth-order valence-electron chi connectivity index (χ4n) is 1.69. The highest BCUT2D eigenvalue weighted by Crippen LogP contribution is 2.24. The van der Waals surface area contributed by atoms with Gasteiger partial charge in [-0.1, -0.05) is 0 Å². The Morgan fingerprint density at radius 3 is 2.37 bits per heavy atom. The molecule has 0 aliphatic heterocycles. The van der Waals surface area contributed by atoms with Crippen LogP contribution in [0.4, 0.5) is 0 Å². The molecule has 0 saturated carbocycles. The summed E-state index contributed by atoms with van der Waals surface area (Å²) in [5, 5.41) is 18.7. The van der Waals surface area contributed by atoms with Crippen molar-refractivity contribution in [1.29, 1.82) is 0 Å². The minimum absolute atomic E-state index is 0.123. The first kappa shape index (κ1) is 13.0. The van der Waals surface area contributed by atoms with Crippen molar-refractivity contribution >= 4 is 5.97 Å². The molecule has 4 nitrogen and oxygen atoms in total. The number of hydrogen-bond acceptors (Lipinski definition) is 4. The van der Waals surface area contributed by atoms with Crippen LogP contribution in [-0.2, 0) is 0 Å². The summed E-state index contributed by atoms with van der Waals surface area (Å²) in [7, 11) is 0. The van der Waals surface area contributed by atoms with E-state index >= 15 is 0 Å². The molecule has 0 atom stereocenters. The quantitative estimate of drug-likeness (QED) is 0.642. The lowest BCUT2D eigenvalue weighted by atomic mass is 10.1. The number of phenolic OH excluding ortho intramolecular Hbond substituents is 2. The number of phenols is 2. The normalized spacial score (nSPS) is 10.2. The average Bonchev–Trinajstić information content (AvgIpc) is 2.36. The van der Waals surface area contributed by atoms with E-state index in [-0.39, 0.29) is 11.5 Å². The Bertz CT molecular complexity index is 632. The van der Waals surface area contributed by atoms with Gasteiger partial charge in [-0.2, -0.15) is 0 Å². The Kier molecular flexibility index (Phi) is 3.42. The van der Waals surface area contributed by atoms with Crippen molar-refractivity contribution in [1.82, 2.24) is 0 Å². The first-order chi connectivity index (χ1) is 8.97. The molecule has 2 aromatic rings. The van der Waals surface area contributed by atoms with E-state index in [0.29, 0.717) is 22.4 Å². The Labute approximate surface area is 110 Å². The van der Waals surface area contributed by atoms with Gasteiger partial charge in [0.2, 0.25) is 0 Å². The third kappa shape index (κ3) is 2.85. The fourth-order valence-corrected chi connectivity index (χ4v) is 1.69. The number of rotatable bonds is 2. The molecule has 98 valence electrons. The summed E-state index contributed by atoms with van der Waals surface area (Å²) in [4.78, 5) is 11.9. The fraction of sp³-hybridized carbons (Fsp3) is 0.133. The van der Waals surface area contributed by atoms with Crippen LogP contribution in [0.5, 0.6) is 17.2 Å². The molecule has 0 fully saturated rings. The molecule has 0 aliphatic carbocycles. The van der Waals surface area contributed by atoms with Crippen LogP contribution in [0.2, 0.25) is 0 Å². The molecule has 0 saturated heterocycles. The zero-order valence-corrected chi connectivity index (χ0v) is 10.7. The maximum absolute atomic E-state index is 11.9. The van der Waals surface area contributed by atoms with Gasteiger partial charge in [0.05, 0.1) is 5.56 Å². The summed E-state index contributed by atoms with van der Waals surface area (Å²) in [5.41, 5.74) is 1.64. The second-order valence-electron chi connectivity index (χ2n) is 4.34. The van der Waals surface area contributed by atoms with Gasteiger partial charge in [-0.05, 0) is 61.4 Å². The van der Waals surface area contributed by atoms with Crippen molar-refractivity contribution in [3.05, 3.63) is 53.1 Å². The molecule has 0 heterocycles. The Morgan fingerprint density at radius 2 is 1.74 bits per heavy atom. The molecule has 2 rings (SSSR count). The van der Waals surface area contributed by atoms with E-state index in [4.69, 9.17) is 4.74 Å². The Hall–Kier alpha value is -2.49. The topological polar surface area (TPSA) is 66.8 Å². The third-order valence-electron chi connectivity index (χ3n) is 2.79. The van der Waals surface area contributed by atoms with E-state index in [9.17, 15) is 15.0 Å². The summed E-state index contributed by atoms with van der Waals surface area (Å²) >= 11 is 0. The van der Waals surface area contributed by atoms with Crippen LogP contribution in [0.3, 0.4) is 0 Å². The van der Waals surface area contributed by atoms with E-state index < -0.39 is 5.97 Å². The molecular weight excluding hydrogens is 244 g/mol. The van der Waals surface area contributed by atoms with Gasteiger partial charge in [0, 0.05) is 0 Å². The summed E-state index contributed by atoms with van der Waals surface area (Å²) in [6, 6.07) is 9.03. The molecule has 0 aromatic heterocycles. The van der Waals surface area contributed by atoms with Crippen molar-refractivity contribution < 1.29 is 19.7 Å². The van der Waals surface area contributed by atoms with E-state index in [0.717, 1.165) is 0 Å². The number of esters is 1. The molecule has 0 amide bonds. The van der Waals surface area contributed by atoms with E-state index in [1.54, 1.807) is 19.9 Å². The van der Waals surface area contributed by atoms with Gasteiger partial charge in [-0.3, -0.25) is 0 Å². The van der Waals surface area contributed by atoms with Crippen molar-refractivity contribution in [2.45, 2.75) is 13.8 Å². The minimum Gasteiger partial charge on any atom is -0.508 e. The van der Waals surface area contributed by atoms with Crippen molar-refractivity contribution in [3.63, 3.8) is 0 Å². The predicted molar refractivity (Wildman–Crippen MR) is 70.6 cm³/mol. The van der Waals surface area contributed by atoms with Gasteiger partial charge in [-0.25, -0.2) is 4.79 Å². The molecular formula is C15H14O4. The van der Waals surface area contributed by atoms with Crippen LogP contribution >= 0.6 is 0 Å². The first-order valence-corrected chi connectivity index (χ1v) is 5.79. The Morgan fingerprint density at radius 1 is 1.00 bits per heavy atom. The average molecular weight is 258 g/mol. The number of benzene rings is 2. The van der Waals surface area contributed by atoms with Crippen LogP contribution in [-0.4, -0.2) is 16.2 Å². The van der Waals surface area contributed by atoms with Crippen molar-refractivity contribution in [2.24, 2.45) is 0 Å². The standard InChI is InChI=1S/C15H14O4/c1-9-7-11(3-5-13(9)17)15(18)19-14-6-4-12(16)8-10(14)2/h3-8,16-17H,1-2H3. The van der Waals surface area contributed by atoms with Crippen molar-refractivity contribution in [3.8, 4) is 17.2 Å². The van der Waals surface area contributed by atoms with Crippen LogP contribution in [0.25, 0.3) is 0 Å². The SMILES string of the molecule is Cc1cc(C(=O)Oc2ccc(O)cc2C)ccc1O. The molecule has 0 bridgehead atoms. The van der Waals surface area contributed by atoms with Crippen LogP contribution in [0, 0.1) is 13.8 Å². The zero-order valence-electron chi connectivity index (χ0n) is 10.7. The van der Waals surface area contributed by atoms with Crippen LogP contribution < -0.4 is 4.74 Å². The van der Waals surface area contributed by atoms with Crippen molar-refractivity contribution in [2.75, 3.05) is 0 Å². The highest BCUT2D eigenvalue weighted by atomic mass is 16.5. The predicted octanol–water partition coefficient (Wildman–Crippen LogP) is 2.93. The molecule has 0 unspecified atom stereocenters. The maximum atomic E-state index is 11.9. The van der Waals surface area contributed by atoms with Gasteiger partial charge < -0.3 is 14.9 Å². The lowest BCUT2D eigenvalue weighted by Gasteiger charge is -2.08. The molecule has 19 heavy (non-hydrogen) atoms. The summed E-state index contributed by atoms with van der Waals surface area (Å²) in [5.74, 6) is 0.153. The minimum atomic E-state index is -0.503. The molecule has 2 aromatic carbocycles. The number of carbonyl (C=O) groups excluding carboxylic acids is 1. The molecule has 0 spiro atoms. The smallest absolute Gasteiger partial charge is 0.343 e. The van der Waals surface area contributed by atoms with Crippen LogP contribution in [0.15, 0.2) is 36.4 Å². The third-order valence-corrected chi connectivity index (χ3v) is 2.79. The molecule has 4 heteroatoms. The second kappa shape index (κ2) is 5.02. The van der Waals surface area contributed by atoms with E-state index in [2.05, 4.69) is 0 Å². The lowest BCUT2D eigenvalue weighted by molar-refractivity contribution is 0.0733. The molecule has 2 N–H and O–H groups in total. The van der Waals surface area contributed by atoms with E-state index in [1.165, 1.54) is 30.3 Å². The lowest BCUT2D eigenvalue weighted by Crippen LogP contribution is -2.09. The molecule has 0 aliphatic rings. The number of ether oxygens (including phenoxy) is 1. The van der Waals surface area contributed by atoms with Gasteiger partial charge in [-0.15, -0.1) is 0 Å². The number of aromatic hydroxyl groups is 2. The highest BCUT2D eigenvalue weighted by molar-refractivity contribution is 5.91. The van der Waals surface area contributed by atoms with Gasteiger partial charge >= 0.3 is 5.97 Å². The summed E-state index contributed by atoms with van der Waals surface area (Å²) in [6.07, 6.45) is 0. The number of hydrogen-bond donors (Lipinski definition) is 2. The number of aryl methyl sites for hydroxylation is 2. The maximum Gasteiger partial charge on any atom is 0.343 e. The molecule has 0 radical (unpaired) electrons. The monoisotopic (exact) mass is 258 g/mol. The summed E-state index contributed by atoms with van der Waals surface area (Å²) in [6.45, 7) is 3.45. The van der Waals surface area contributed by atoms with Gasteiger partial charge in [0.25, 0.3) is 0 Å².